The third kappa shape index (κ3) is 4.88. The number of pyridine rings is 1. The number of amides is 1. The summed E-state index contributed by atoms with van der Waals surface area (Å²) in [6.07, 6.45) is 2.54. The number of carbonyl (C=O) groups is 1. The maximum Gasteiger partial charge on any atom is 0.223 e. The van der Waals surface area contributed by atoms with Gasteiger partial charge in [-0.1, -0.05) is 48.5 Å². The Morgan fingerprint density at radius 2 is 1.77 bits per heavy atom. The fourth-order valence-corrected chi connectivity index (χ4v) is 4.75. The van der Waals surface area contributed by atoms with Crippen LogP contribution in [0.15, 0.2) is 85.1 Å². The second-order valence-corrected chi connectivity index (χ2v) is 8.69. The van der Waals surface area contributed by atoms with E-state index >= 15 is 0 Å². The molecule has 0 radical (unpaired) electrons. The zero-order valence-corrected chi connectivity index (χ0v) is 19.6. The SMILES string of the molecule is COc1ccc(COC(c2ccc(F)cc2)[C@H](c2cccc3cccnc23)N2CCCC2=O)cc1. The molecule has 0 spiro atoms. The molecule has 1 fully saturated rings. The summed E-state index contributed by atoms with van der Waals surface area (Å²) in [5.74, 6) is 0.539. The Kier molecular flexibility index (Phi) is 6.73. The molecule has 1 unspecified atom stereocenters. The first-order valence-corrected chi connectivity index (χ1v) is 11.8. The molecule has 1 saturated heterocycles. The number of rotatable bonds is 8. The molecule has 35 heavy (non-hydrogen) atoms. The van der Waals surface area contributed by atoms with Crippen molar-refractivity contribution in [3.8, 4) is 5.75 Å². The molecule has 0 bridgehead atoms. The van der Waals surface area contributed by atoms with Crippen molar-refractivity contribution >= 4 is 16.8 Å². The Balaban J connectivity index is 1.60. The lowest BCUT2D eigenvalue weighted by molar-refractivity contribution is -0.134. The summed E-state index contributed by atoms with van der Waals surface area (Å²) in [5.41, 5.74) is 3.53. The van der Waals surface area contributed by atoms with Crippen LogP contribution in [0.3, 0.4) is 0 Å². The van der Waals surface area contributed by atoms with Crippen molar-refractivity contribution in [3.63, 3.8) is 0 Å². The Bertz CT molecular complexity index is 1300. The number of nitrogens with zero attached hydrogens (tertiary/aromatic N) is 2. The van der Waals surface area contributed by atoms with Gasteiger partial charge in [-0.3, -0.25) is 9.78 Å². The molecule has 2 atom stereocenters. The maximum atomic E-state index is 13.8. The standard InChI is InChI=1S/C29H27FN2O3/c1-34-24-15-9-20(10-16-24)19-35-29(22-11-13-23(30)14-12-22)28(32-18-4-8-26(32)33)25-7-2-5-21-6-3-17-31-27(21)25/h2-3,5-7,9-17,28-29H,4,8,18-19H2,1H3/t28-,29?/m0/s1. The van der Waals surface area contributed by atoms with Gasteiger partial charge in [0.25, 0.3) is 0 Å². The number of ether oxygens (including phenoxy) is 2. The van der Waals surface area contributed by atoms with Crippen LogP contribution in [-0.2, 0) is 16.1 Å². The second kappa shape index (κ2) is 10.2. The number of carbonyl (C=O) groups excluding carboxylic acids is 1. The highest BCUT2D eigenvalue weighted by atomic mass is 19.1. The van der Waals surface area contributed by atoms with Gasteiger partial charge in [-0.2, -0.15) is 0 Å². The number of methoxy groups -OCH3 is 1. The number of halogens is 1. The van der Waals surface area contributed by atoms with E-state index in [1.807, 2.05) is 59.5 Å². The van der Waals surface area contributed by atoms with Crippen LogP contribution < -0.4 is 4.74 Å². The molecule has 5 rings (SSSR count). The lowest BCUT2D eigenvalue weighted by Gasteiger charge is -2.35. The Morgan fingerprint density at radius 3 is 2.49 bits per heavy atom. The molecule has 178 valence electrons. The first-order valence-electron chi connectivity index (χ1n) is 11.8. The van der Waals surface area contributed by atoms with Gasteiger partial charge in [0.15, 0.2) is 0 Å². The second-order valence-electron chi connectivity index (χ2n) is 8.69. The largest absolute Gasteiger partial charge is 0.497 e. The summed E-state index contributed by atoms with van der Waals surface area (Å²) in [4.78, 5) is 19.6. The predicted molar refractivity (Wildman–Crippen MR) is 132 cm³/mol. The van der Waals surface area contributed by atoms with E-state index in [0.29, 0.717) is 19.6 Å². The first kappa shape index (κ1) is 23.0. The van der Waals surface area contributed by atoms with Crippen molar-refractivity contribution < 1.29 is 18.7 Å². The molecular weight excluding hydrogens is 443 g/mol. The molecule has 1 aromatic heterocycles. The fourth-order valence-electron chi connectivity index (χ4n) is 4.75. The minimum Gasteiger partial charge on any atom is -0.497 e. The van der Waals surface area contributed by atoms with Crippen LogP contribution in [0.5, 0.6) is 5.75 Å². The van der Waals surface area contributed by atoms with E-state index in [1.165, 1.54) is 12.1 Å². The molecule has 2 heterocycles. The van der Waals surface area contributed by atoms with Crippen LogP contribution in [0, 0.1) is 5.82 Å². The van der Waals surface area contributed by atoms with Crippen molar-refractivity contribution in [3.05, 3.63) is 108 Å². The van der Waals surface area contributed by atoms with E-state index in [0.717, 1.165) is 39.8 Å². The summed E-state index contributed by atoms with van der Waals surface area (Å²) in [6.45, 7) is 0.957. The molecule has 0 aliphatic carbocycles. The van der Waals surface area contributed by atoms with Gasteiger partial charge in [0.05, 0.1) is 25.3 Å². The fraction of sp³-hybridized carbons (Fsp3) is 0.241. The van der Waals surface area contributed by atoms with Gasteiger partial charge in [-0.15, -0.1) is 0 Å². The van der Waals surface area contributed by atoms with E-state index in [1.54, 1.807) is 25.4 Å². The molecule has 0 saturated carbocycles. The number of hydrogen-bond acceptors (Lipinski definition) is 4. The first-order chi connectivity index (χ1) is 17.1. The zero-order chi connectivity index (χ0) is 24.2. The Labute approximate surface area is 204 Å². The molecule has 1 amide bonds. The normalized spacial score (nSPS) is 15.4. The van der Waals surface area contributed by atoms with E-state index in [4.69, 9.17) is 9.47 Å². The van der Waals surface area contributed by atoms with Crippen molar-refractivity contribution in [2.75, 3.05) is 13.7 Å². The van der Waals surface area contributed by atoms with E-state index in [2.05, 4.69) is 4.98 Å². The van der Waals surface area contributed by atoms with E-state index in [-0.39, 0.29) is 11.7 Å². The van der Waals surface area contributed by atoms with Crippen LogP contribution >= 0.6 is 0 Å². The molecule has 0 N–H and O–H groups in total. The minimum absolute atomic E-state index is 0.0862. The average molecular weight is 471 g/mol. The monoisotopic (exact) mass is 470 g/mol. The van der Waals surface area contributed by atoms with Gasteiger partial charge in [0.2, 0.25) is 5.91 Å². The average Bonchev–Trinajstić information content (AvgIpc) is 3.32. The Morgan fingerprint density at radius 1 is 1.00 bits per heavy atom. The Hall–Kier alpha value is -3.77. The molecule has 5 nitrogen and oxygen atoms in total. The lowest BCUT2D eigenvalue weighted by atomic mass is 9.92. The van der Waals surface area contributed by atoms with Crippen molar-refractivity contribution in [1.29, 1.82) is 0 Å². The van der Waals surface area contributed by atoms with Crippen LogP contribution in [0.4, 0.5) is 4.39 Å². The number of para-hydroxylation sites is 1. The van der Waals surface area contributed by atoms with Crippen molar-refractivity contribution in [1.82, 2.24) is 9.88 Å². The van der Waals surface area contributed by atoms with Gasteiger partial charge in [-0.25, -0.2) is 4.39 Å². The minimum atomic E-state index is -0.521. The molecule has 1 aliphatic rings. The molecular formula is C29H27FN2O3. The van der Waals surface area contributed by atoms with E-state index < -0.39 is 12.1 Å². The number of fused-ring (bicyclic) bond motifs is 1. The zero-order valence-electron chi connectivity index (χ0n) is 19.6. The quantitative estimate of drug-likeness (QED) is 0.317. The van der Waals surface area contributed by atoms with Crippen LogP contribution in [0.1, 0.15) is 41.7 Å². The molecule has 1 aliphatic heterocycles. The third-order valence-corrected chi connectivity index (χ3v) is 6.50. The van der Waals surface area contributed by atoms with Crippen LogP contribution in [0.2, 0.25) is 0 Å². The van der Waals surface area contributed by atoms with Gasteiger partial charge >= 0.3 is 0 Å². The van der Waals surface area contributed by atoms with Crippen LogP contribution in [0.25, 0.3) is 10.9 Å². The van der Waals surface area contributed by atoms with Gasteiger partial charge in [-0.05, 0) is 47.9 Å². The van der Waals surface area contributed by atoms with Gasteiger partial charge < -0.3 is 14.4 Å². The summed E-state index contributed by atoms with van der Waals surface area (Å²) in [6, 6.07) is 23.5. The third-order valence-electron chi connectivity index (χ3n) is 6.50. The van der Waals surface area contributed by atoms with E-state index in [9.17, 15) is 9.18 Å². The highest BCUT2D eigenvalue weighted by Crippen LogP contribution is 2.42. The van der Waals surface area contributed by atoms with Crippen LogP contribution in [-0.4, -0.2) is 29.4 Å². The highest BCUT2D eigenvalue weighted by molar-refractivity contribution is 5.84. The van der Waals surface area contributed by atoms with Gasteiger partial charge in [0, 0.05) is 30.1 Å². The highest BCUT2D eigenvalue weighted by Gasteiger charge is 2.37. The van der Waals surface area contributed by atoms with Gasteiger partial charge in [0.1, 0.15) is 17.7 Å². The van der Waals surface area contributed by atoms with Crippen molar-refractivity contribution in [2.24, 2.45) is 0 Å². The summed E-state index contributed by atoms with van der Waals surface area (Å²) < 4.78 is 25.7. The molecule has 6 heteroatoms. The molecule has 4 aromatic rings. The number of likely N-dealkylation sites (tertiary alicyclic amines) is 1. The smallest absolute Gasteiger partial charge is 0.223 e. The predicted octanol–water partition coefficient (Wildman–Crippen LogP) is 6.00. The topological polar surface area (TPSA) is 51.7 Å². The number of benzene rings is 3. The lowest BCUT2D eigenvalue weighted by Crippen LogP contribution is -2.35. The molecule has 3 aromatic carbocycles. The number of hydrogen-bond donors (Lipinski definition) is 0. The van der Waals surface area contributed by atoms with Crippen molar-refractivity contribution in [2.45, 2.75) is 31.6 Å². The summed E-state index contributed by atoms with van der Waals surface area (Å²) >= 11 is 0. The summed E-state index contributed by atoms with van der Waals surface area (Å²) in [7, 11) is 1.63. The maximum absolute atomic E-state index is 13.8. The number of aromatic nitrogens is 1. The summed E-state index contributed by atoms with van der Waals surface area (Å²) in [5, 5.41) is 0.995.